The van der Waals surface area contributed by atoms with Crippen molar-refractivity contribution >= 4 is 17.3 Å². The highest BCUT2D eigenvalue weighted by atomic mass is 32.1. The summed E-state index contributed by atoms with van der Waals surface area (Å²) in [7, 11) is 0. The van der Waals surface area contributed by atoms with Crippen LogP contribution in [0.15, 0.2) is 18.3 Å². The van der Waals surface area contributed by atoms with Crippen LogP contribution in [0.2, 0.25) is 0 Å². The molecule has 2 aromatic rings. The molecule has 0 aliphatic heterocycles. The lowest BCUT2D eigenvalue weighted by Crippen LogP contribution is -2.20. The van der Waals surface area contributed by atoms with Gasteiger partial charge in [-0.15, -0.1) is 11.3 Å². The highest BCUT2D eigenvalue weighted by molar-refractivity contribution is 7.15. The first kappa shape index (κ1) is 14.2. The fourth-order valence-corrected chi connectivity index (χ4v) is 3.76. The SMILES string of the molecule is CCOC(=O)C1CCCc2sc(-c3ccc(C)nc3)nc21. The zero-order valence-corrected chi connectivity index (χ0v) is 13.1. The molecule has 1 aliphatic carbocycles. The van der Waals surface area contributed by atoms with Crippen LogP contribution in [0.1, 0.15) is 41.9 Å². The molecule has 2 aromatic heterocycles. The first-order valence-corrected chi connectivity index (χ1v) is 8.10. The molecule has 0 bridgehead atoms. The Bertz CT molecular complexity index is 649. The highest BCUT2D eigenvalue weighted by Gasteiger charge is 2.31. The summed E-state index contributed by atoms with van der Waals surface area (Å²) >= 11 is 1.67. The van der Waals surface area contributed by atoms with E-state index >= 15 is 0 Å². The molecule has 0 saturated heterocycles. The van der Waals surface area contributed by atoms with Gasteiger partial charge in [0.2, 0.25) is 0 Å². The van der Waals surface area contributed by atoms with E-state index in [1.165, 1.54) is 4.88 Å². The Morgan fingerprint density at radius 2 is 2.33 bits per heavy atom. The van der Waals surface area contributed by atoms with E-state index in [-0.39, 0.29) is 11.9 Å². The monoisotopic (exact) mass is 302 g/mol. The average Bonchev–Trinajstić information content (AvgIpc) is 2.92. The van der Waals surface area contributed by atoms with Gasteiger partial charge in [0.1, 0.15) is 10.9 Å². The van der Waals surface area contributed by atoms with Crippen LogP contribution in [-0.2, 0) is 16.0 Å². The molecule has 1 unspecified atom stereocenters. The van der Waals surface area contributed by atoms with E-state index < -0.39 is 0 Å². The molecule has 0 saturated carbocycles. The number of thiazole rings is 1. The number of ether oxygens (including phenoxy) is 1. The Labute approximate surface area is 128 Å². The Balaban J connectivity index is 1.94. The predicted molar refractivity (Wildman–Crippen MR) is 82.4 cm³/mol. The summed E-state index contributed by atoms with van der Waals surface area (Å²) < 4.78 is 5.18. The number of nitrogens with zero attached hydrogens (tertiary/aromatic N) is 2. The molecule has 4 nitrogen and oxygen atoms in total. The number of pyridine rings is 1. The molecule has 2 heterocycles. The van der Waals surface area contributed by atoms with Crippen molar-refractivity contribution in [3.05, 3.63) is 34.6 Å². The van der Waals surface area contributed by atoms with Gasteiger partial charge in [-0.2, -0.15) is 0 Å². The van der Waals surface area contributed by atoms with Crippen LogP contribution in [0.4, 0.5) is 0 Å². The Kier molecular flexibility index (Phi) is 4.01. The van der Waals surface area contributed by atoms with Crippen LogP contribution in [0.5, 0.6) is 0 Å². The molecular weight excluding hydrogens is 284 g/mol. The molecule has 1 aliphatic rings. The first-order valence-electron chi connectivity index (χ1n) is 7.28. The second-order valence-corrected chi connectivity index (χ2v) is 6.30. The molecule has 0 spiro atoms. The van der Waals surface area contributed by atoms with Crippen LogP contribution in [0.25, 0.3) is 10.6 Å². The Morgan fingerprint density at radius 3 is 3.05 bits per heavy atom. The molecule has 0 fully saturated rings. The van der Waals surface area contributed by atoms with Gasteiger partial charge in [0, 0.05) is 22.3 Å². The van der Waals surface area contributed by atoms with E-state index in [4.69, 9.17) is 9.72 Å². The summed E-state index contributed by atoms with van der Waals surface area (Å²) in [5, 5.41) is 0.948. The van der Waals surface area contributed by atoms with Crippen LogP contribution in [-0.4, -0.2) is 22.5 Å². The molecule has 0 radical (unpaired) electrons. The third-order valence-corrected chi connectivity index (χ3v) is 4.86. The number of aryl methyl sites for hydroxylation is 2. The number of hydrogen-bond acceptors (Lipinski definition) is 5. The number of fused-ring (bicyclic) bond motifs is 1. The van der Waals surface area contributed by atoms with Crippen molar-refractivity contribution in [1.29, 1.82) is 0 Å². The molecule has 0 aromatic carbocycles. The van der Waals surface area contributed by atoms with Gasteiger partial charge < -0.3 is 4.74 Å². The number of hydrogen-bond donors (Lipinski definition) is 0. The van der Waals surface area contributed by atoms with Gasteiger partial charge in [0.15, 0.2) is 0 Å². The van der Waals surface area contributed by atoms with Crippen LogP contribution in [0.3, 0.4) is 0 Å². The average molecular weight is 302 g/mol. The maximum atomic E-state index is 12.1. The lowest BCUT2D eigenvalue weighted by molar-refractivity contribution is -0.145. The third kappa shape index (κ3) is 2.83. The zero-order valence-electron chi connectivity index (χ0n) is 12.3. The molecule has 5 heteroatoms. The van der Waals surface area contributed by atoms with E-state index in [2.05, 4.69) is 4.98 Å². The van der Waals surface area contributed by atoms with Crippen molar-refractivity contribution in [1.82, 2.24) is 9.97 Å². The van der Waals surface area contributed by atoms with Gasteiger partial charge in [0.05, 0.1) is 12.3 Å². The first-order chi connectivity index (χ1) is 10.2. The van der Waals surface area contributed by atoms with Crippen molar-refractivity contribution in [2.45, 2.75) is 39.0 Å². The van der Waals surface area contributed by atoms with Crippen LogP contribution >= 0.6 is 11.3 Å². The number of carbonyl (C=O) groups excluding carboxylic acids is 1. The Morgan fingerprint density at radius 1 is 1.48 bits per heavy atom. The highest BCUT2D eigenvalue weighted by Crippen LogP contribution is 2.38. The van der Waals surface area contributed by atoms with Crippen molar-refractivity contribution in [2.24, 2.45) is 0 Å². The second kappa shape index (κ2) is 5.93. The van der Waals surface area contributed by atoms with E-state index in [1.807, 2.05) is 32.2 Å². The predicted octanol–water partition coefficient (Wildman–Crippen LogP) is 3.50. The summed E-state index contributed by atoms with van der Waals surface area (Å²) in [6.07, 6.45) is 4.70. The zero-order chi connectivity index (χ0) is 14.8. The van der Waals surface area contributed by atoms with Crippen molar-refractivity contribution in [2.75, 3.05) is 6.61 Å². The normalized spacial score (nSPS) is 17.3. The van der Waals surface area contributed by atoms with Gasteiger partial charge in [-0.1, -0.05) is 0 Å². The van der Waals surface area contributed by atoms with E-state index in [9.17, 15) is 4.79 Å². The van der Waals surface area contributed by atoms with Gasteiger partial charge >= 0.3 is 5.97 Å². The van der Waals surface area contributed by atoms with Gasteiger partial charge in [-0.25, -0.2) is 4.98 Å². The maximum Gasteiger partial charge on any atom is 0.315 e. The smallest absolute Gasteiger partial charge is 0.315 e. The summed E-state index contributed by atoms with van der Waals surface area (Å²) in [5.74, 6) is -0.338. The quantitative estimate of drug-likeness (QED) is 0.814. The largest absolute Gasteiger partial charge is 0.465 e. The van der Waals surface area contributed by atoms with Gasteiger partial charge in [0.25, 0.3) is 0 Å². The van der Waals surface area contributed by atoms with E-state index in [1.54, 1.807) is 11.3 Å². The molecule has 0 amide bonds. The number of carbonyl (C=O) groups is 1. The minimum Gasteiger partial charge on any atom is -0.465 e. The van der Waals surface area contributed by atoms with Crippen LogP contribution in [0, 0.1) is 6.92 Å². The second-order valence-electron chi connectivity index (χ2n) is 5.21. The topological polar surface area (TPSA) is 52.1 Å². The molecule has 1 atom stereocenters. The minimum absolute atomic E-state index is 0.141. The molecule has 3 rings (SSSR count). The number of esters is 1. The van der Waals surface area contributed by atoms with E-state index in [0.717, 1.165) is 41.2 Å². The standard InChI is InChI=1S/C16H18N2O2S/c1-3-20-16(19)12-5-4-6-13-14(12)18-15(21-13)11-8-7-10(2)17-9-11/h7-9,12H,3-6H2,1-2H3. The van der Waals surface area contributed by atoms with E-state index in [0.29, 0.717) is 6.61 Å². The summed E-state index contributed by atoms with van der Waals surface area (Å²) in [6.45, 7) is 4.23. The van der Waals surface area contributed by atoms with Crippen molar-refractivity contribution in [3.8, 4) is 10.6 Å². The summed E-state index contributed by atoms with van der Waals surface area (Å²) in [4.78, 5) is 22.3. The summed E-state index contributed by atoms with van der Waals surface area (Å²) in [6, 6.07) is 4.02. The number of aromatic nitrogens is 2. The molecular formula is C16H18N2O2S. The number of rotatable bonds is 3. The molecule has 110 valence electrons. The molecule has 21 heavy (non-hydrogen) atoms. The lowest BCUT2D eigenvalue weighted by atomic mass is 9.91. The fourth-order valence-electron chi connectivity index (χ4n) is 2.61. The fraction of sp³-hybridized carbons (Fsp3) is 0.438. The minimum atomic E-state index is -0.197. The third-order valence-electron chi connectivity index (χ3n) is 3.68. The lowest BCUT2D eigenvalue weighted by Gasteiger charge is -2.19. The maximum absolute atomic E-state index is 12.1. The summed E-state index contributed by atoms with van der Waals surface area (Å²) in [5.41, 5.74) is 2.92. The van der Waals surface area contributed by atoms with Crippen molar-refractivity contribution < 1.29 is 9.53 Å². The van der Waals surface area contributed by atoms with Crippen LogP contribution < -0.4 is 0 Å². The van der Waals surface area contributed by atoms with Gasteiger partial charge in [-0.05, 0) is 45.2 Å². The van der Waals surface area contributed by atoms with Crippen molar-refractivity contribution in [3.63, 3.8) is 0 Å². The Hall–Kier alpha value is -1.75. The van der Waals surface area contributed by atoms with Gasteiger partial charge in [-0.3, -0.25) is 9.78 Å². The molecule has 0 N–H and O–H groups in total.